The topological polar surface area (TPSA) is 74.7 Å². The molecule has 1 fully saturated rings. The Kier molecular flexibility index (Phi) is 7.42. The lowest BCUT2D eigenvalue weighted by Crippen LogP contribution is -2.49. The lowest BCUT2D eigenvalue weighted by atomic mass is 9.93. The van der Waals surface area contributed by atoms with Gasteiger partial charge in [0, 0.05) is 37.4 Å². The minimum absolute atomic E-state index is 0.0315. The zero-order valence-electron chi connectivity index (χ0n) is 21.5. The normalized spacial score (nSPS) is 19.2. The molecule has 3 heterocycles. The van der Waals surface area contributed by atoms with Gasteiger partial charge in [0.15, 0.2) is 5.17 Å². The number of halogens is 1. The molecule has 0 saturated carbocycles. The number of allylic oxidation sites excluding steroid dienone is 1. The Morgan fingerprint density at radius 2 is 1.76 bits per heavy atom. The summed E-state index contributed by atoms with van der Waals surface area (Å²) in [6, 6.07) is 13.7. The molecule has 3 aliphatic heterocycles. The number of amidine groups is 1. The highest BCUT2D eigenvalue weighted by Gasteiger charge is 2.42. The molecule has 0 aromatic heterocycles. The summed E-state index contributed by atoms with van der Waals surface area (Å²) in [7, 11) is 2.94. The molecule has 0 aliphatic carbocycles. The van der Waals surface area contributed by atoms with E-state index >= 15 is 0 Å². The highest BCUT2D eigenvalue weighted by atomic mass is 32.2. The third-order valence-electron chi connectivity index (χ3n) is 7.00. The second-order valence-corrected chi connectivity index (χ2v) is 9.96. The number of aliphatic imine (C=N–C) groups is 1. The molecule has 1 atom stereocenters. The van der Waals surface area contributed by atoms with Crippen molar-refractivity contribution in [1.82, 2.24) is 9.80 Å². The highest BCUT2D eigenvalue weighted by Crippen LogP contribution is 2.47. The van der Waals surface area contributed by atoms with Crippen LogP contribution in [0.15, 0.2) is 75.9 Å². The van der Waals surface area contributed by atoms with Gasteiger partial charge in [-0.05, 0) is 30.5 Å². The number of benzene rings is 2. The van der Waals surface area contributed by atoms with E-state index < -0.39 is 12.0 Å². The number of amides is 1. The maximum atomic E-state index is 14.2. The number of fused-ring (bicyclic) bond motifs is 1. The molecule has 0 N–H and O–H groups in total. The summed E-state index contributed by atoms with van der Waals surface area (Å²) in [5, 5.41) is 2.61. The Bertz CT molecular complexity index is 1350. The van der Waals surface area contributed by atoms with Crippen LogP contribution in [0.5, 0.6) is 5.75 Å². The number of esters is 1. The monoisotopic (exact) mass is 536 g/mol. The predicted octanol–water partition coefficient (Wildman–Crippen LogP) is 4.32. The van der Waals surface area contributed by atoms with Crippen molar-refractivity contribution in [3.05, 3.63) is 82.3 Å². The van der Waals surface area contributed by atoms with Crippen LogP contribution in [0, 0.1) is 5.82 Å². The lowest BCUT2D eigenvalue weighted by Gasteiger charge is -2.38. The number of nitrogens with zero attached hydrogens (tertiary/aromatic N) is 4. The number of ether oxygens (including phenoxy) is 2. The smallest absolute Gasteiger partial charge is 0.338 e. The van der Waals surface area contributed by atoms with Gasteiger partial charge in [-0.25, -0.2) is 14.2 Å². The molecule has 1 unspecified atom stereocenters. The average molecular weight is 537 g/mol. The zero-order valence-corrected chi connectivity index (χ0v) is 22.3. The molecule has 2 aromatic rings. The molecule has 0 spiro atoms. The molecule has 2 aromatic carbocycles. The number of piperazine rings is 1. The van der Waals surface area contributed by atoms with Crippen LogP contribution in [-0.4, -0.2) is 67.2 Å². The maximum absolute atomic E-state index is 14.2. The van der Waals surface area contributed by atoms with Crippen molar-refractivity contribution in [3.63, 3.8) is 0 Å². The number of hydrogen-bond acceptors (Lipinski definition) is 8. The Labute approximate surface area is 225 Å². The first kappa shape index (κ1) is 25.8. The molecule has 0 radical (unpaired) electrons. The van der Waals surface area contributed by atoms with Gasteiger partial charge in [-0.3, -0.25) is 4.79 Å². The molecule has 38 heavy (non-hydrogen) atoms. The number of hydrogen-bond donors (Lipinski definition) is 0. The van der Waals surface area contributed by atoms with Crippen molar-refractivity contribution >= 4 is 34.5 Å². The van der Waals surface area contributed by atoms with Gasteiger partial charge in [-0.15, -0.1) is 0 Å². The number of carbonyl (C=O) groups excluding carboxylic acids is 2. The van der Waals surface area contributed by atoms with Gasteiger partial charge in [0.2, 0.25) is 5.91 Å². The van der Waals surface area contributed by atoms with E-state index in [0.717, 1.165) is 11.3 Å². The maximum Gasteiger partial charge on any atom is 0.338 e. The molecular formula is C28H29FN4O4S. The number of para-hydroxylation sites is 2. The van der Waals surface area contributed by atoms with Gasteiger partial charge in [0.1, 0.15) is 11.6 Å². The Morgan fingerprint density at radius 1 is 1.05 bits per heavy atom. The third-order valence-corrected chi connectivity index (χ3v) is 7.89. The van der Waals surface area contributed by atoms with Crippen LogP contribution in [0.2, 0.25) is 0 Å². The van der Waals surface area contributed by atoms with Crippen LogP contribution in [0.25, 0.3) is 0 Å². The van der Waals surface area contributed by atoms with E-state index in [2.05, 4.69) is 4.99 Å². The Hall–Kier alpha value is -3.79. The first-order chi connectivity index (χ1) is 18.4. The predicted molar refractivity (Wildman–Crippen MR) is 145 cm³/mol. The number of rotatable bonds is 6. The quantitative estimate of drug-likeness (QED) is 0.509. The Morgan fingerprint density at radius 3 is 2.47 bits per heavy atom. The number of carbonyl (C=O) groups is 2. The van der Waals surface area contributed by atoms with E-state index in [1.165, 1.54) is 24.9 Å². The van der Waals surface area contributed by atoms with Crippen LogP contribution in [0.1, 0.15) is 24.9 Å². The minimum Gasteiger partial charge on any atom is -0.496 e. The van der Waals surface area contributed by atoms with Gasteiger partial charge in [0.25, 0.3) is 0 Å². The summed E-state index contributed by atoms with van der Waals surface area (Å²) in [6.45, 7) is 3.88. The minimum atomic E-state index is -0.557. The van der Waals surface area contributed by atoms with E-state index in [1.807, 2.05) is 50.4 Å². The van der Waals surface area contributed by atoms with Crippen LogP contribution >= 0.6 is 11.8 Å². The van der Waals surface area contributed by atoms with Crippen LogP contribution in [0.4, 0.5) is 10.1 Å². The molecule has 10 heteroatoms. The third kappa shape index (κ3) is 4.76. The van der Waals surface area contributed by atoms with Crippen molar-refractivity contribution in [1.29, 1.82) is 0 Å². The van der Waals surface area contributed by atoms with Crippen LogP contribution in [-0.2, 0) is 14.3 Å². The number of thioether (sulfide) groups is 1. The molecule has 1 amide bonds. The first-order valence-corrected chi connectivity index (χ1v) is 13.2. The number of methoxy groups -OCH3 is 2. The van der Waals surface area contributed by atoms with E-state index in [4.69, 9.17) is 9.47 Å². The fourth-order valence-electron chi connectivity index (χ4n) is 5.10. The highest BCUT2D eigenvalue weighted by molar-refractivity contribution is 8.16. The second-order valence-electron chi connectivity index (χ2n) is 9.12. The summed E-state index contributed by atoms with van der Waals surface area (Å²) < 4.78 is 25.0. The van der Waals surface area contributed by atoms with E-state index in [-0.39, 0.29) is 18.1 Å². The largest absolute Gasteiger partial charge is 0.496 e. The molecule has 3 aliphatic rings. The van der Waals surface area contributed by atoms with E-state index in [9.17, 15) is 14.0 Å². The van der Waals surface area contributed by atoms with Gasteiger partial charge < -0.3 is 24.2 Å². The van der Waals surface area contributed by atoms with Crippen molar-refractivity contribution in [2.24, 2.45) is 4.99 Å². The zero-order chi connectivity index (χ0) is 26.8. The SMILES string of the molecule is COC(=O)C1=C(C)N=C2SC=C(CC(=O)N3CCN(c4ccccc4F)CC3)N2C1c1ccccc1OC. The van der Waals surface area contributed by atoms with Crippen LogP contribution < -0.4 is 9.64 Å². The van der Waals surface area contributed by atoms with E-state index in [0.29, 0.717) is 54.1 Å². The molecule has 8 nitrogen and oxygen atoms in total. The van der Waals surface area contributed by atoms with Crippen molar-refractivity contribution in [2.45, 2.75) is 19.4 Å². The summed E-state index contributed by atoms with van der Waals surface area (Å²) in [5.41, 5.74) is 3.05. The second kappa shape index (κ2) is 10.9. The molecule has 1 saturated heterocycles. The lowest BCUT2D eigenvalue weighted by molar-refractivity contribution is -0.136. The summed E-state index contributed by atoms with van der Waals surface area (Å²) in [4.78, 5) is 36.8. The Balaban J connectivity index is 1.37. The van der Waals surface area contributed by atoms with Gasteiger partial charge >= 0.3 is 5.97 Å². The van der Waals surface area contributed by atoms with Gasteiger partial charge in [0.05, 0.1) is 43.6 Å². The fourth-order valence-corrected chi connectivity index (χ4v) is 6.06. The summed E-state index contributed by atoms with van der Waals surface area (Å²) in [5.74, 6) is -0.145. The average Bonchev–Trinajstić information content (AvgIpc) is 3.33. The van der Waals surface area contributed by atoms with Crippen LogP contribution in [0.3, 0.4) is 0 Å². The fraction of sp³-hybridized carbons (Fsp3) is 0.321. The number of anilines is 1. The van der Waals surface area contributed by atoms with Crippen molar-refractivity contribution in [3.8, 4) is 5.75 Å². The van der Waals surface area contributed by atoms with Crippen molar-refractivity contribution < 1.29 is 23.5 Å². The molecular weight excluding hydrogens is 507 g/mol. The molecule has 198 valence electrons. The van der Waals surface area contributed by atoms with Gasteiger partial charge in [-0.1, -0.05) is 42.1 Å². The first-order valence-electron chi connectivity index (χ1n) is 12.4. The summed E-state index contributed by atoms with van der Waals surface area (Å²) >= 11 is 1.43. The van der Waals surface area contributed by atoms with Crippen molar-refractivity contribution in [2.75, 3.05) is 45.3 Å². The summed E-state index contributed by atoms with van der Waals surface area (Å²) in [6.07, 6.45) is 0.144. The standard InChI is InChI=1S/C28H29FN4O4S/c1-18-25(27(35)37-3)26(20-8-4-7-11-23(20)36-2)33-19(17-38-28(33)30-18)16-24(34)32-14-12-31(13-15-32)22-10-6-5-9-21(22)29/h4-11,17,26H,12-16H2,1-3H3. The van der Waals surface area contributed by atoms with E-state index in [1.54, 1.807) is 26.2 Å². The molecule has 5 rings (SSSR count). The molecule has 0 bridgehead atoms. The van der Waals surface area contributed by atoms with Gasteiger partial charge in [-0.2, -0.15) is 0 Å².